The number of fused-ring (bicyclic) bond motifs is 1. The van der Waals surface area contributed by atoms with Crippen molar-refractivity contribution in [2.24, 2.45) is 13.0 Å². The highest BCUT2D eigenvalue weighted by atomic mass is 32.1. The molecule has 28 heavy (non-hydrogen) atoms. The van der Waals surface area contributed by atoms with Gasteiger partial charge in [0.05, 0.1) is 12.2 Å². The average molecular weight is 395 g/mol. The highest BCUT2D eigenvalue weighted by Crippen LogP contribution is 2.28. The first kappa shape index (κ1) is 18.9. The molecule has 146 valence electrons. The second-order valence-corrected chi connectivity index (χ2v) is 8.58. The van der Waals surface area contributed by atoms with Gasteiger partial charge in [-0.2, -0.15) is 5.10 Å². The maximum atomic E-state index is 13.5. The monoisotopic (exact) mass is 394 g/mol. The molecule has 2 heterocycles. The molecule has 1 atom stereocenters. The summed E-state index contributed by atoms with van der Waals surface area (Å²) in [4.78, 5) is 19.9. The van der Waals surface area contributed by atoms with E-state index in [0.29, 0.717) is 13.1 Å². The summed E-state index contributed by atoms with van der Waals surface area (Å²) >= 11 is 1.60. The molecule has 0 saturated heterocycles. The van der Waals surface area contributed by atoms with Crippen LogP contribution in [0.2, 0.25) is 0 Å². The Labute approximate surface area is 170 Å². The molecule has 4 rings (SSSR count). The van der Waals surface area contributed by atoms with E-state index in [9.17, 15) is 4.79 Å². The Morgan fingerprint density at radius 2 is 2.04 bits per heavy atom. The number of hydrogen-bond donors (Lipinski definition) is 0. The first-order valence-corrected chi connectivity index (χ1v) is 10.6. The number of carbonyl (C=O) groups is 1. The molecule has 1 aliphatic carbocycles. The van der Waals surface area contributed by atoms with Gasteiger partial charge in [0.1, 0.15) is 5.01 Å². The van der Waals surface area contributed by atoms with Crippen molar-refractivity contribution in [2.75, 3.05) is 0 Å². The van der Waals surface area contributed by atoms with Crippen molar-refractivity contribution in [3.05, 3.63) is 68.9 Å². The number of aryl methyl sites for hydroxylation is 3. The first-order valence-electron chi connectivity index (χ1n) is 9.76. The SMILES string of the molecule is Cc1nn(C)c(C)c1CN(Cc1nccs1)C(=O)[C@@H]1CCc2ccccc2C1. The lowest BCUT2D eigenvalue weighted by atomic mass is 9.83. The zero-order valence-corrected chi connectivity index (χ0v) is 17.5. The normalized spacial score (nSPS) is 16.0. The van der Waals surface area contributed by atoms with Crippen molar-refractivity contribution in [3.63, 3.8) is 0 Å². The fraction of sp³-hybridized carbons (Fsp3) is 0.409. The average Bonchev–Trinajstić information content (AvgIpc) is 3.30. The Hall–Kier alpha value is -2.47. The molecule has 5 nitrogen and oxygen atoms in total. The lowest BCUT2D eigenvalue weighted by Gasteiger charge is -2.30. The van der Waals surface area contributed by atoms with Gasteiger partial charge in [0.25, 0.3) is 0 Å². The minimum atomic E-state index is 0.0344. The number of benzene rings is 1. The highest BCUT2D eigenvalue weighted by Gasteiger charge is 2.29. The van der Waals surface area contributed by atoms with Crippen LogP contribution in [0.15, 0.2) is 35.8 Å². The van der Waals surface area contributed by atoms with Crippen LogP contribution in [0.4, 0.5) is 0 Å². The summed E-state index contributed by atoms with van der Waals surface area (Å²) in [7, 11) is 1.96. The van der Waals surface area contributed by atoms with Gasteiger partial charge in [-0.1, -0.05) is 24.3 Å². The predicted octanol–water partition coefficient (Wildman–Crippen LogP) is 3.83. The third-order valence-corrected chi connectivity index (χ3v) is 6.59. The molecule has 1 aromatic carbocycles. The fourth-order valence-corrected chi connectivity index (χ4v) is 4.74. The van der Waals surface area contributed by atoms with E-state index in [4.69, 9.17) is 0 Å². The summed E-state index contributed by atoms with van der Waals surface area (Å²) < 4.78 is 1.90. The number of thiazole rings is 1. The summed E-state index contributed by atoms with van der Waals surface area (Å²) in [6.45, 7) is 5.23. The van der Waals surface area contributed by atoms with Crippen molar-refractivity contribution in [1.29, 1.82) is 0 Å². The molecule has 6 heteroatoms. The van der Waals surface area contributed by atoms with Gasteiger partial charge in [0, 0.05) is 42.3 Å². The predicted molar refractivity (Wildman–Crippen MR) is 111 cm³/mol. The Morgan fingerprint density at radius 1 is 1.25 bits per heavy atom. The van der Waals surface area contributed by atoms with Gasteiger partial charge in [-0.25, -0.2) is 4.98 Å². The number of rotatable bonds is 5. The van der Waals surface area contributed by atoms with E-state index in [-0.39, 0.29) is 11.8 Å². The van der Waals surface area contributed by atoms with Gasteiger partial charge in [0.2, 0.25) is 5.91 Å². The Balaban J connectivity index is 1.59. The van der Waals surface area contributed by atoms with Gasteiger partial charge < -0.3 is 4.90 Å². The molecule has 0 radical (unpaired) electrons. The van der Waals surface area contributed by atoms with Crippen LogP contribution in [0, 0.1) is 19.8 Å². The van der Waals surface area contributed by atoms with E-state index >= 15 is 0 Å². The van der Waals surface area contributed by atoms with Crippen LogP contribution in [0.1, 0.15) is 39.5 Å². The molecular formula is C22H26N4OS. The molecule has 0 saturated carbocycles. The summed E-state index contributed by atoms with van der Waals surface area (Å²) in [6.07, 6.45) is 4.52. The van der Waals surface area contributed by atoms with Crippen LogP contribution in [-0.4, -0.2) is 25.6 Å². The van der Waals surface area contributed by atoms with Gasteiger partial charge in [0.15, 0.2) is 0 Å². The molecule has 2 aromatic heterocycles. The summed E-state index contributed by atoms with van der Waals surface area (Å²) in [5.74, 6) is 0.263. The zero-order valence-electron chi connectivity index (χ0n) is 16.7. The van der Waals surface area contributed by atoms with E-state index in [0.717, 1.165) is 41.2 Å². The Bertz CT molecular complexity index is 977. The van der Waals surface area contributed by atoms with E-state index in [1.807, 2.05) is 28.9 Å². The Kier molecular flexibility index (Phi) is 5.31. The second kappa shape index (κ2) is 7.87. The van der Waals surface area contributed by atoms with Crippen molar-refractivity contribution in [2.45, 2.75) is 46.2 Å². The van der Waals surface area contributed by atoms with Crippen molar-refractivity contribution >= 4 is 17.2 Å². The number of amides is 1. The van der Waals surface area contributed by atoms with Crippen molar-refractivity contribution in [1.82, 2.24) is 19.7 Å². The minimum Gasteiger partial charge on any atom is -0.331 e. The summed E-state index contributed by atoms with van der Waals surface area (Å²) in [6, 6.07) is 8.51. The molecule has 0 unspecified atom stereocenters. The molecule has 1 aliphatic rings. The molecule has 0 spiro atoms. The van der Waals surface area contributed by atoms with Crippen LogP contribution < -0.4 is 0 Å². The van der Waals surface area contributed by atoms with Crippen LogP contribution in [0.25, 0.3) is 0 Å². The third kappa shape index (κ3) is 3.74. The number of hydrogen-bond acceptors (Lipinski definition) is 4. The molecule has 0 aliphatic heterocycles. The summed E-state index contributed by atoms with van der Waals surface area (Å²) in [5, 5.41) is 7.47. The summed E-state index contributed by atoms with van der Waals surface area (Å²) in [5.41, 5.74) is 5.95. The molecule has 0 N–H and O–H groups in total. The van der Waals surface area contributed by atoms with Gasteiger partial charge in [-0.15, -0.1) is 11.3 Å². The smallest absolute Gasteiger partial charge is 0.226 e. The molecule has 3 aromatic rings. The molecular weight excluding hydrogens is 368 g/mol. The van der Waals surface area contributed by atoms with Crippen LogP contribution in [0.3, 0.4) is 0 Å². The quantitative estimate of drug-likeness (QED) is 0.661. The van der Waals surface area contributed by atoms with Crippen LogP contribution in [-0.2, 0) is 37.8 Å². The lowest BCUT2D eigenvalue weighted by molar-refractivity contribution is -0.137. The minimum absolute atomic E-state index is 0.0344. The maximum absolute atomic E-state index is 13.5. The van der Waals surface area contributed by atoms with Gasteiger partial charge in [-0.05, 0) is 44.2 Å². The highest BCUT2D eigenvalue weighted by molar-refractivity contribution is 7.09. The largest absolute Gasteiger partial charge is 0.331 e. The van der Waals surface area contributed by atoms with Crippen LogP contribution >= 0.6 is 11.3 Å². The van der Waals surface area contributed by atoms with Crippen LogP contribution in [0.5, 0.6) is 0 Å². The van der Waals surface area contributed by atoms with E-state index in [2.05, 4.69) is 41.3 Å². The molecule has 1 amide bonds. The van der Waals surface area contributed by atoms with Gasteiger partial charge >= 0.3 is 0 Å². The van der Waals surface area contributed by atoms with Gasteiger partial charge in [-0.3, -0.25) is 9.48 Å². The fourth-order valence-electron chi connectivity index (χ4n) is 4.11. The van der Waals surface area contributed by atoms with Crippen molar-refractivity contribution in [3.8, 4) is 0 Å². The first-order chi connectivity index (χ1) is 13.5. The second-order valence-electron chi connectivity index (χ2n) is 7.60. The van der Waals surface area contributed by atoms with E-state index in [1.54, 1.807) is 17.5 Å². The zero-order chi connectivity index (χ0) is 19.7. The van der Waals surface area contributed by atoms with E-state index < -0.39 is 0 Å². The Morgan fingerprint density at radius 3 is 2.71 bits per heavy atom. The molecule has 0 fully saturated rings. The topological polar surface area (TPSA) is 51.0 Å². The lowest BCUT2D eigenvalue weighted by Crippen LogP contribution is -2.38. The maximum Gasteiger partial charge on any atom is 0.226 e. The van der Waals surface area contributed by atoms with Crippen molar-refractivity contribution < 1.29 is 4.79 Å². The molecule has 0 bridgehead atoms. The third-order valence-electron chi connectivity index (χ3n) is 5.83. The standard InChI is InChI=1S/C22H26N4OS/c1-15-20(16(2)25(3)24-15)13-26(14-21-23-10-11-28-21)22(27)19-9-8-17-6-4-5-7-18(17)12-19/h4-7,10-11,19H,8-9,12-14H2,1-3H3/t19-/m1/s1. The number of nitrogens with zero attached hydrogens (tertiary/aromatic N) is 4. The number of aromatic nitrogens is 3. The number of carbonyl (C=O) groups excluding carboxylic acids is 1. The van der Waals surface area contributed by atoms with E-state index in [1.165, 1.54) is 11.1 Å².